The van der Waals surface area contributed by atoms with Crippen LogP contribution in [0.25, 0.3) is 0 Å². The lowest BCUT2D eigenvalue weighted by atomic mass is 9.81. The number of carbonyl (C=O) groups is 1. The Morgan fingerprint density at radius 3 is 3.20 bits per heavy atom. The van der Waals surface area contributed by atoms with Crippen LogP contribution in [0.15, 0.2) is 16.5 Å². The first-order valence-corrected chi connectivity index (χ1v) is 6.97. The predicted octanol–water partition coefficient (Wildman–Crippen LogP) is 1.93. The Morgan fingerprint density at radius 1 is 1.65 bits per heavy atom. The van der Waals surface area contributed by atoms with Crippen LogP contribution in [0.4, 0.5) is 0 Å². The zero-order valence-corrected chi connectivity index (χ0v) is 11.6. The highest BCUT2D eigenvalue weighted by Gasteiger charge is 2.55. The first-order valence-electron chi connectivity index (χ1n) is 6.97. The summed E-state index contributed by atoms with van der Waals surface area (Å²) in [5, 5.41) is 8.77. The number of ether oxygens (including phenoxy) is 1. The molecule has 0 unspecified atom stereocenters. The van der Waals surface area contributed by atoms with E-state index in [-0.39, 0.29) is 11.4 Å². The van der Waals surface area contributed by atoms with Crippen molar-refractivity contribution in [2.75, 3.05) is 20.2 Å². The molecule has 1 saturated heterocycles. The zero-order chi connectivity index (χ0) is 14.2. The second-order valence-corrected chi connectivity index (χ2v) is 5.78. The molecule has 1 aliphatic carbocycles. The number of nitrogens with zero attached hydrogens (tertiary/aromatic N) is 2. The topological polar surface area (TPSA) is 66.5 Å². The predicted molar refractivity (Wildman–Crippen MR) is 70.5 cm³/mol. The molecule has 1 aromatic heterocycles. The number of hydrogen-bond donors (Lipinski definition) is 0. The van der Waals surface area contributed by atoms with Crippen molar-refractivity contribution in [2.24, 2.45) is 11.3 Å². The van der Waals surface area contributed by atoms with Gasteiger partial charge in [-0.15, -0.1) is 0 Å². The van der Waals surface area contributed by atoms with Gasteiger partial charge in [0.2, 0.25) is 5.76 Å². The molecular weight excluding hydrogens is 256 g/mol. The SMILES string of the molecule is COC(=O)[C@]12CCC[C@H]1CN(Cc1ccc(C#N)o1)C2. The van der Waals surface area contributed by atoms with Crippen LogP contribution in [0.1, 0.15) is 30.8 Å². The van der Waals surface area contributed by atoms with Gasteiger partial charge in [0.15, 0.2) is 0 Å². The number of methoxy groups -OCH3 is 1. The van der Waals surface area contributed by atoms with Gasteiger partial charge in [-0.3, -0.25) is 9.69 Å². The lowest BCUT2D eigenvalue weighted by Crippen LogP contribution is -2.36. The second kappa shape index (κ2) is 4.95. The van der Waals surface area contributed by atoms with Crippen molar-refractivity contribution in [3.8, 4) is 6.07 Å². The van der Waals surface area contributed by atoms with E-state index in [2.05, 4.69) is 4.90 Å². The van der Waals surface area contributed by atoms with Crippen molar-refractivity contribution in [1.29, 1.82) is 5.26 Å². The van der Waals surface area contributed by atoms with E-state index in [9.17, 15) is 4.79 Å². The van der Waals surface area contributed by atoms with Crippen LogP contribution < -0.4 is 0 Å². The van der Waals surface area contributed by atoms with E-state index < -0.39 is 0 Å². The van der Waals surface area contributed by atoms with Gasteiger partial charge in [0.25, 0.3) is 0 Å². The van der Waals surface area contributed by atoms with E-state index in [4.69, 9.17) is 14.4 Å². The van der Waals surface area contributed by atoms with Gasteiger partial charge in [0, 0.05) is 13.1 Å². The summed E-state index contributed by atoms with van der Waals surface area (Å²) >= 11 is 0. The van der Waals surface area contributed by atoms with Crippen LogP contribution in [0, 0.1) is 22.7 Å². The van der Waals surface area contributed by atoms with Crippen LogP contribution in [0.3, 0.4) is 0 Å². The Labute approximate surface area is 118 Å². The summed E-state index contributed by atoms with van der Waals surface area (Å²) in [5.41, 5.74) is -0.320. The van der Waals surface area contributed by atoms with Crippen LogP contribution in [-0.4, -0.2) is 31.1 Å². The van der Waals surface area contributed by atoms with Crippen molar-refractivity contribution in [3.05, 3.63) is 23.7 Å². The van der Waals surface area contributed by atoms with Gasteiger partial charge in [-0.1, -0.05) is 6.42 Å². The fraction of sp³-hybridized carbons (Fsp3) is 0.600. The molecule has 0 N–H and O–H groups in total. The number of carbonyl (C=O) groups excluding carboxylic acids is 1. The van der Waals surface area contributed by atoms with Crippen molar-refractivity contribution >= 4 is 5.97 Å². The maximum Gasteiger partial charge on any atom is 0.313 e. The van der Waals surface area contributed by atoms with Gasteiger partial charge in [-0.05, 0) is 30.9 Å². The highest BCUT2D eigenvalue weighted by Crippen LogP contribution is 2.49. The molecule has 106 valence electrons. The smallest absolute Gasteiger partial charge is 0.313 e. The maximum absolute atomic E-state index is 12.2. The summed E-state index contributed by atoms with van der Waals surface area (Å²) < 4.78 is 10.4. The van der Waals surface area contributed by atoms with E-state index in [0.29, 0.717) is 18.2 Å². The molecule has 0 amide bonds. The fourth-order valence-corrected chi connectivity index (χ4v) is 3.79. The lowest BCUT2D eigenvalue weighted by molar-refractivity contribution is -0.153. The number of esters is 1. The van der Waals surface area contributed by atoms with Gasteiger partial charge in [0.1, 0.15) is 11.8 Å². The summed E-state index contributed by atoms with van der Waals surface area (Å²) in [7, 11) is 1.47. The molecular formula is C15H18N2O3. The van der Waals surface area contributed by atoms with E-state index in [1.807, 2.05) is 12.1 Å². The van der Waals surface area contributed by atoms with E-state index in [1.54, 1.807) is 6.07 Å². The van der Waals surface area contributed by atoms with Crippen LogP contribution in [-0.2, 0) is 16.1 Å². The molecule has 20 heavy (non-hydrogen) atoms. The average Bonchev–Trinajstić information content (AvgIpc) is 3.11. The van der Waals surface area contributed by atoms with Crippen molar-refractivity contribution in [3.63, 3.8) is 0 Å². The number of fused-ring (bicyclic) bond motifs is 1. The normalized spacial score (nSPS) is 29.1. The first kappa shape index (κ1) is 13.2. The van der Waals surface area contributed by atoms with Crippen molar-refractivity contribution in [2.45, 2.75) is 25.8 Å². The summed E-state index contributed by atoms with van der Waals surface area (Å²) in [6, 6.07) is 5.50. The number of nitriles is 1. The molecule has 0 bridgehead atoms. The molecule has 2 heterocycles. The zero-order valence-electron chi connectivity index (χ0n) is 11.6. The van der Waals surface area contributed by atoms with E-state index >= 15 is 0 Å². The third-order valence-electron chi connectivity index (χ3n) is 4.68. The van der Waals surface area contributed by atoms with Gasteiger partial charge < -0.3 is 9.15 Å². The number of hydrogen-bond acceptors (Lipinski definition) is 5. The molecule has 5 heteroatoms. The Balaban J connectivity index is 1.72. The molecule has 0 aromatic carbocycles. The summed E-state index contributed by atoms with van der Waals surface area (Å²) in [4.78, 5) is 14.4. The van der Waals surface area contributed by atoms with Crippen molar-refractivity contribution in [1.82, 2.24) is 4.90 Å². The minimum absolute atomic E-state index is 0.0698. The standard InChI is InChI=1S/C15H18N2O3/c1-19-14(18)15-6-2-3-11(15)8-17(10-15)9-13-5-4-12(7-16)20-13/h4-5,11H,2-3,6,8-10H2,1H3/t11-,15-/m0/s1. The summed E-state index contributed by atoms with van der Waals surface area (Å²) in [6.45, 7) is 2.28. The molecule has 1 saturated carbocycles. The van der Waals surface area contributed by atoms with Crippen LogP contribution in [0.5, 0.6) is 0 Å². The number of furan rings is 1. The highest BCUT2D eigenvalue weighted by atomic mass is 16.5. The fourth-order valence-electron chi connectivity index (χ4n) is 3.79. The Morgan fingerprint density at radius 2 is 2.50 bits per heavy atom. The summed E-state index contributed by atoms with van der Waals surface area (Å²) in [5.74, 6) is 1.43. The largest absolute Gasteiger partial charge is 0.469 e. The highest BCUT2D eigenvalue weighted by molar-refractivity contribution is 5.78. The van der Waals surface area contributed by atoms with E-state index in [1.165, 1.54) is 7.11 Å². The summed E-state index contributed by atoms with van der Waals surface area (Å²) in [6.07, 6.45) is 3.11. The van der Waals surface area contributed by atoms with Gasteiger partial charge >= 0.3 is 5.97 Å². The molecule has 1 aliphatic heterocycles. The molecule has 1 aromatic rings. The Hall–Kier alpha value is -1.80. The van der Waals surface area contributed by atoms with Gasteiger partial charge in [0.05, 0.1) is 19.1 Å². The lowest BCUT2D eigenvalue weighted by Gasteiger charge is -2.25. The average molecular weight is 274 g/mol. The number of rotatable bonds is 3. The molecule has 2 atom stereocenters. The second-order valence-electron chi connectivity index (χ2n) is 5.78. The minimum Gasteiger partial charge on any atom is -0.469 e. The third-order valence-corrected chi connectivity index (χ3v) is 4.68. The molecule has 3 rings (SSSR count). The van der Waals surface area contributed by atoms with Crippen LogP contribution >= 0.6 is 0 Å². The van der Waals surface area contributed by atoms with Gasteiger partial charge in [-0.2, -0.15) is 5.26 Å². The minimum atomic E-state index is -0.320. The molecule has 5 nitrogen and oxygen atoms in total. The molecule has 2 fully saturated rings. The van der Waals surface area contributed by atoms with Crippen molar-refractivity contribution < 1.29 is 13.9 Å². The molecule has 2 aliphatic rings. The van der Waals surface area contributed by atoms with E-state index in [0.717, 1.165) is 38.1 Å². The Bertz CT molecular complexity index is 560. The Kier molecular flexibility index (Phi) is 3.27. The van der Waals surface area contributed by atoms with Gasteiger partial charge in [-0.25, -0.2) is 0 Å². The molecule has 0 spiro atoms. The molecule has 0 radical (unpaired) electrons. The quantitative estimate of drug-likeness (QED) is 0.788. The monoisotopic (exact) mass is 274 g/mol. The van der Waals surface area contributed by atoms with Crippen LogP contribution in [0.2, 0.25) is 0 Å². The third kappa shape index (κ3) is 2.01. The number of likely N-dealkylation sites (tertiary alicyclic amines) is 1. The maximum atomic E-state index is 12.2. The first-order chi connectivity index (χ1) is 9.68.